The summed E-state index contributed by atoms with van der Waals surface area (Å²) in [6, 6.07) is 7.33. The summed E-state index contributed by atoms with van der Waals surface area (Å²) in [6.07, 6.45) is 1.50. The van der Waals surface area contributed by atoms with Gasteiger partial charge in [-0.3, -0.25) is 0 Å². The summed E-state index contributed by atoms with van der Waals surface area (Å²) in [7, 11) is -1.54. The molecule has 0 saturated heterocycles. The number of hydrogen-bond acceptors (Lipinski definition) is 3. The van der Waals surface area contributed by atoms with Crippen molar-refractivity contribution in [3.63, 3.8) is 0 Å². The molecule has 0 aliphatic heterocycles. The van der Waals surface area contributed by atoms with Crippen molar-refractivity contribution in [1.82, 2.24) is 0 Å². The zero-order valence-corrected chi connectivity index (χ0v) is 15.0. The summed E-state index contributed by atoms with van der Waals surface area (Å²) in [5, 5.41) is 19.4. The van der Waals surface area contributed by atoms with E-state index in [1.165, 1.54) is 6.26 Å². The molecule has 1 aromatic heterocycles. The second-order valence-electron chi connectivity index (χ2n) is 2.56. The van der Waals surface area contributed by atoms with Gasteiger partial charge >= 0.3 is 53.2 Å². The summed E-state index contributed by atoms with van der Waals surface area (Å²) in [5.41, 5.74) is 0.200. The van der Waals surface area contributed by atoms with Crippen molar-refractivity contribution in [3.8, 4) is 0 Å². The second-order valence-corrected chi connectivity index (χ2v) is 2.56. The molecule has 0 unspecified atom stereocenters. The van der Waals surface area contributed by atoms with Crippen molar-refractivity contribution < 1.29 is 64.1 Å². The van der Waals surface area contributed by atoms with E-state index in [2.05, 4.69) is 0 Å². The average Bonchev–Trinajstić information content (AvgIpc) is 2.47. The average molecular weight is 352 g/mol. The number of fused-ring (bicyclic) bond motifs is 1. The molecule has 1 heterocycles. The van der Waals surface area contributed by atoms with Crippen LogP contribution >= 0.6 is 0 Å². The Kier molecular flexibility index (Phi) is 26.1. The van der Waals surface area contributed by atoms with Gasteiger partial charge in [-0.05, 0) is 0 Å². The van der Waals surface area contributed by atoms with E-state index in [1.54, 1.807) is 6.07 Å². The van der Waals surface area contributed by atoms with Gasteiger partial charge in [0.05, 0.1) is 6.26 Å². The van der Waals surface area contributed by atoms with Gasteiger partial charge in [-0.2, -0.15) is 0 Å². The van der Waals surface area contributed by atoms with Gasteiger partial charge in [0.25, 0.3) is 0 Å². The van der Waals surface area contributed by atoms with Gasteiger partial charge in [-0.1, -0.05) is 24.3 Å². The molecule has 0 atom stereocenters. The molecule has 2 N–H and O–H groups in total. The smallest absolute Gasteiger partial charge is 1.00 e. The number of furan rings is 1. The van der Waals surface area contributed by atoms with Crippen LogP contribution in [-0.4, -0.2) is 63.3 Å². The van der Waals surface area contributed by atoms with E-state index in [0.717, 1.165) is 10.8 Å². The van der Waals surface area contributed by atoms with Crippen LogP contribution in [0, 0.1) is 0 Å². The molecule has 0 aliphatic rings. The van der Waals surface area contributed by atoms with E-state index in [4.69, 9.17) is 14.5 Å². The molecule has 0 fully saturated rings. The third kappa shape index (κ3) is 7.28. The van der Waals surface area contributed by atoms with Crippen LogP contribution in [0.2, 0.25) is 0 Å². The molecule has 0 radical (unpaired) electrons. The van der Waals surface area contributed by atoms with Crippen LogP contribution in [0.5, 0.6) is 0 Å². The van der Waals surface area contributed by atoms with E-state index in [-0.39, 0.29) is 101 Å². The third-order valence-corrected chi connectivity index (χ3v) is 1.77. The molecule has 3 nitrogen and oxygen atoms in total. The number of rotatable bonds is 1. The molecule has 0 amide bonds. The fourth-order valence-electron chi connectivity index (χ4n) is 1.21. The quantitative estimate of drug-likeness (QED) is 0.502. The largest absolute Gasteiger partial charge is 2.00 e. The monoisotopic (exact) mass is 350 g/mol. The Morgan fingerprint density at radius 2 is 1.39 bits per heavy atom. The van der Waals surface area contributed by atoms with E-state index in [0.29, 0.717) is 0 Å². The van der Waals surface area contributed by atoms with Crippen molar-refractivity contribution in [2.75, 3.05) is 0 Å². The molecule has 2 aromatic rings. The van der Waals surface area contributed by atoms with Gasteiger partial charge in [0.15, 0.2) is 0 Å². The molecule has 0 aliphatic carbocycles. The predicted molar refractivity (Wildman–Crippen MR) is 57.5 cm³/mol. The van der Waals surface area contributed by atoms with Gasteiger partial charge in [0.2, 0.25) is 0 Å². The fraction of sp³-hybridized carbons (Fsp3) is 0. The molecule has 10 heteroatoms. The molecular weight excluding hydrogens is 345 g/mol. The van der Waals surface area contributed by atoms with E-state index >= 15 is 0 Å². The van der Waals surface area contributed by atoms with E-state index in [9.17, 15) is 0 Å². The number of benzene rings is 1. The molecule has 0 saturated carbocycles. The van der Waals surface area contributed by atoms with Gasteiger partial charge < -0.3 is 64.1 Å². The molecular formula is C8H7BCl4Mg2O3. The first-order valence-electron chi connectivity index (χ1n) is 3.61. The first-order chi connectivity index (χ1) is 5.79. The van der Waals surface area contributed by atoms with Crippen LogP contribution in [0.4, 0.5) is 0 Å². The van der Waals surface area contributed by atoms with E-state index < -0.39 is 7.12 Å². The van der Waals surface area contributed by atoms with Gasteiger partial charge in [0.1, 0.15) is 5.66 Å². The Labute approximate surface area is 163 Å². The first-order valence-corrected chi connectivity index (χ1v) is 3.61. The Balaban J connectivity index is -0.0000000939. The normalized spacial score (nSPS) is 7.00. The molecule has 18 heavy (non-hydrogen) atoms. The van der Waals surface area contributed by atoms with Crippen molar-refractivity contribution >= 4 is 69.7 Å². The minimum absolute atomic E-state index is 0. The summed E-state index contributed by atoms with van der Waals surface area (Å²) in [4.78, 5) is 0. The van der Waals surface area contributed by atoms with E-state index in [1.807, 2.05) is 18.2 Å². The SMILES string of the molecule is OB(O)c1occ2ccccc12.[Cl-].[Cl-].[Cl-].[Cl-].[Mg+2].[Mg+2]. The fourth-order valence-corrected chi connectivity index (χ4v) is 1.21. The Morgan fingerprint density at radius 1 is 0.889 bits per heavy atom. The molecule has 2 rings (SSSR count). The topological polar surface area (TPSA) is 53.6 Å². The summed E-state index contributed by atoms with van der Waals surface area (Å²) < 4.78 is 4.98. The third-order valence-electron chi connectivity index (χ3n) is 1.77. The Bertz CT molecular complexity index is 416. The standard InChI is InChI=1S/C8H7BO3.4ClH.2Mg/c10-9(11)8-7-4-2-1-3-6(7)5-12-8;;;;;;/h1-5,10-11H;4*1H;;/q;;;;;2*+2/p-4. The van der Waals surface area contributed by atoms with Crippen LogP contribution in [0.3, 0.4) is 0 Å². The van der Waals surface area contributed by atoms with Crippen LogP contribution < -0.4 is 55.3 Å². The predicted octanol–water partition coefficient (Wildman–Crippen LogP) is -12.6. The minimum atomic E-state index is -1.54. The summed E-state index contributed by atoms with van der Waals surface area (Å²) in [6.45, 7) is 0. The molecule has 0 spiro atoms. The molecule has 1 aromatic carbocycles. The Hall–Kier alpha value is 1.44. The molecule has 92 valence electrons. The van der Waals surface area contributed by atoms with Crippen LogP contribution in [0.1, 0.15) is 0 Å². The number of halogens is 4. The summed E-state index contributed by atoms with van der Waals surface area (Å²) >= 11 is 0. The van der Waals surface area contributed by atoms with Crippen LogP contribution in [-0.2, 0) is 0 Å². The maximum absolute atomic E-state index is 8.87. The van der Waals surface area contributed by atoms with Gasteiger partial charge in [-0.15, -0.1) is 0 Å². The van der Waals surface area contributed by atoms with Crippen molar-refractivity contribution in [1.29, 1.82) is 0 Å². The second kappa shape index (κ2) is 14.8. The molecule has 0 bridgehead atoms. The first kappa shape index (κ1) is 31.7. The van der Waals surface area contributed by atoms with Crippen LogP contribution in [0.25, 0.3) is 10.8 Å². The van der Waals surface area contributed by atoms with Gasteiger partial charge in [-0.25, -0.2) is 0 Å². The van der Waals surface area contributed by atoms with Crippen molar-refractivity contribution in [2.45, 2.75) is 0 Å². The van der Waals surface area contributed by atoms with Crippen molar-refractivity contribution in [2.24, 2.45) is 0 Å². The zero-order chi connectivity index (χ0) is 8.55. The summed E-state index contributed by atoms with van der Waals surface area (Å²) in [5.74, 6) is 0. The zero-order valence-electron chi connectivity index (χ0n) is 9.19. The van der Waals surface area contributed by atoms with Crippen LogP contribution in [0.15, 0.2) is 34.9 Å². The van der Waals surface area contributed by atoms with Gasteiger partial charge in [0, 0.05) is 10.8 Å². The Morgan fingerprint density at radius 3 is 1.89 bits per heavy atom. The number of hydrogen-bond donors (Lipinski definition) is 2. The maximum atomic E-state index is 8.87. The van der Waals surface area contributed by atoms with Crippen molar-refractivity contribution in [3.05, 3.63) is 30.5 Å². The maximum Gasteiger partial charge on any atom is 2.00 e. The minimum Gasteiger partial charge on any atom is -1.00 e.